The second-order valence-electron chi connectivity index (χ2n) is 5.38. The van der Waals surface area contributed by atoms with E-state index in [2.05, 4.69) is 9.97 Å². The van der Waals surface area contributed by atoms with Crippen LogP contribution in [0.25, 0.3) is 0 Å². The second-order valence-corrected chi connectivity index (χ2v) is 5.82. The number of halogens is 1. The van der Waals surface area contributed by atoms with Crippen LogP contribution in [0, 0.1) is 6.92 Å². The van der Waals surface area contributed by atoms with Crippen LogP contribution in [0.5, 0.6) is 0 Å². The van der Waals surface area contributed by atoms with Gasteiger partial charge in [0.2, 0.25) is 5.91 Å². The Morgan fingerprint density at radius 2 is 1.95 bits per heavy atom. The van der Waals surface area contributed by atoms with Crippen molar-refractivity contribution in [3.63, 3.8) is 0 Å². The van der Waals surface area contributed by atoms with E-state index in [1.165, 1.54) is 6.33 Å². The number of carbonyl (C=O) groups is 1. The molecule has 0 saturated carbocycles. The predicted molar refractivity (Wildman–Crippen MR) is 85.9 cm³/mol. The zero-order valence-electron chi connectivity index (χ0n) is 12.4. The third kappa shape index (κ3) is 3.36. The largest absolute Gasteiger partial charge is 0.345 e. The number of piperazine rings is 1. The lowest BCUT2D eigenvalue weighted by molar-refractivity contribution is -0.131. The van der Waals surface area contributed by atoms with Gasteiger partial charge in [0.25, 0.3) is 0 Å². The van der Waals surface area contributed by atoms with Crippen LogP contribution in [0.4, 0.5) is 5.82 Å². The highest BCUT2D eigenvalue weighted by Crippen LogP contribution is 2.17. The quantitative estimate of drug-likeness (QED) is 0.872. The van der Waals surface area contributed by atoms with Crippen LogP contribution < -0.4 is 4.90 Å². The van der Waals surface area contributed by atoms with Crippen LogP contribution >= 0.6 is 11.6 Å². The van der Waals surface area contributed by atoms with Crippen LogP contribution in [0.2, 0.25) is 5.02 Å². The molecular weight excluding hydrogens is 300 g/mol. The van der Waals surface area contributed by atoms with E-state index >= 15 is 0 Å². The lowest BCUT2D eigenvalue weighted by Crippen LogP contribution is -2.50. The molecule has 2 heterocycles. The second kappa shape index (κ2) is 6.32. The highest BCUT2D eigenvalue weighted by molar-refractivity contribution is 6.30. The number of rotatable bonds is 3. The maximum absolute atomic E-state index is 12.3. The summed E-state index contributed by atoms with van der Waals surface area (Å²) >= 11 is 5.88. The highest BCUT2D eigenvalue weighted by atomic mass is 35.5. The van der Waals surface area contributed by atoms with Gasteiger partial charge in [-0.25, -0.2) is 9.97 Å². The summed E-state index contributed by atoms with van der Waals surface area (Å²) in [7, 11) is 0. The number of anilines is 1. The van der Waals surface area contributed by atoms with E-state index in [1.54, 1.807) is 0 Å². The van der Waals surface area contributed by atoms with Gasteiger partial charge >= 0.3 is 0 Å². The normalized spacial score (nSPS) is 15.3. The Morgan fingerprint density at radius 3 is 2.64 bits per heavy atom. The molecule has 0 spiro atoms. The van der Waals surface area contributed by atoms with Crippen LogP contribution in [0.1, 0.15) is 11.3 Å². The summed E-state index contributed by atoms with van der Waals surface area (Å²) < 4.78 is 0. The monoisotopic (exact) mass is 316 g/mol. The molecule has 1 aromatic carbocycles. The molecule has 3 rings (SSSR count). The molecule has 114 valence electrons. The summed E-state index contributed by atoms with van der Waals surface area (Å²) in [6, 6.07) is 9.51. The van der Waals surface area contributed by atoms with Gasteiger partial charge in [0, 0.05) is 36.4 Å². The average Bonchev–Trinajstić information content (AvgIpc) is 2.51. The van der Waals surface area contributed by atoms with Gasteiger partial charge in [-0.2, -0.15) is 0 Å². The van der Waals surface area contributed by atoms with Crippen molar-refractivity contribution < 1.29 is 4.79 Å². The van der Waals surface area contributed by atoms with E-state index in [-0.39, 0.29) is 5.91 Å². The van der Waals surface area contributed by atoms with Crippen molar-refractivity contribution in [2.24, 2.45) is 0 Å². The van der Waals surface area contributed by atoms with Crippen molar-refractivity contribution in [2.75, 3.05) is 24.5 Å². The summed E-state index contributed by atoms with van der Waals surface area (Å²) in [5.41, 5.74) is 1.99. The number of carbonyl (C=O) groups excluding carboxylic acids is 1. The standard InChI is InChI=1S/C16H17ClN4O/c1-12-8-15(19-11-18-12)20-6-7-21(16(22)10-20)9-13-2-4-14(17)5-3-13/h2-5,8,11H,6-7,9-10H2,1H3. The van der Waals surface area contributed by atoms with Crippen LogP contribution in [0.3, 0.4) is 0 Å². The summed E-state index contributed by atoms with van der Waals surface area (Å²) in [6.45, 7) is 4.35. The van der Waals surface area contributed by atoms with Crippen molar-refractivity contribution >= 4 is 23.3 Å². The molecule has 1 aliphatic heterocycles. The zero-order valence-corrected chi connectivity index (χ0v) is 13.1. The summed E-state index contributed by atoms with van der Waals surface area (Å²) in [4.78, 5) is 24.5. The molecule has 1 saturated heterocycles. The SMILES string of the molecule is Cc1cc(N2CCN(Cc3ccc(Cl)cc3)C(=O)C2)ncn1. The number of aromatic nitrogens is 2. The first-order valence-electron chi connectivity index (χ1n) is 7.17. The molecule has 0 aliphatic carbocycles. The van der Waals surface area contributed by atoms with Gasteiger partial charge in [-0.1, -0.05) is 23.7 Å². The van der Waals surface area contributed by atoms with E-state index in [9.17, 15) is 4.79 Å². The lowest BCUT2D eigenvalue weighted by atomic mass is 10.2. The first-order valence-corrected chi connectivity index (χ1v) is 7.55. The van der Waals surface area contributed by atoms with E-state index in [4.69, 9.17) is 11.6 Å². The number of hydrogen-bond acceptors (Lipinski definition) is 4. The molecule has 0 N–H and O–H groups in total. The molecular formula is C16H17ClN4O. The van der Waals surface area contributed by atoms with E-state index in [0.29, 0.717) is 24.7 Å². The number of aryl methyl sites for hydroxylation is 1. The Balaban J connectivity index is 1.65. The van der Waals surface area contributed by atoms with Crippen LogP contribution in [0.15, 0.2) is 36.7 Å². The van der Waals surface area contributed by atoms with Crippen LogP contribution in [-0.2, 0) is 11.3 Å². The summed E-state index contributed by atoms with van der Waals surface area (Å²) in [5, 5.41) is 0.707. The maximum Gasteiger partial charge on any atom is 0.242 e. The Morgan fingerprint density at radius 1 is 1.18 bits per heavy atom. The Bertz CT molecular complexity index is 674. The third-order valence-electron chi connectivity index (χ3n) is 3.72. The fraction of sp³-hybridized carbons (Fsp3) is 0.312. The maximum atomic E-state index is 12.3. The number of benzene rings is 1. The van der Waals surface area contributed by atoms with Crippen molar-refractivity contribution in [2.45, 2.75) is 13.5 Å². The molecule has 5 nitrogen and oxygen atoms in total. The van der Waals surface area contributed by atoms with Gasteiger partial charge in [0.15, 0.2) is 0 Å². The van der Waals surface area contributed by atoms with Gasteiger partial charge in [-0.3, -0.25) is 4.79 Å². The van der Waals surface area contributed by atoms with Crippen molar-refractivity contribution in [3.05, 3.63) is 52.9 Å². The van der Waals surface area contributed by atoms with Crippen molar-refractivity contribution in [3.8, 4) is 0 Å². The van der Waals surface area contributed by atoms with E-state index < -0.39 is 0 Å². The molecule has 6 heteroatoms. The lowest BCUT2D eigenvalue weighted by Gasteiger charge is -2.35. The minimum absolute atomic E-state index is 0.109. The highest BCUT2D eigenvalue weighted by Gasteiger charge is 2.24. The van der Waals surface area contributed by atoms with Crippen LogP contribution in [-0.4, -0.2) is 40.4 Å². The smallest absolute Gasteiger partial charge is 0.242 e. The average molecular weight is 317 g/mol. The third-order valence-corrected chi connectivity index (χ3v) is 3.97. The van der Waals surface area contributed by atoms with Gasteiger partial charge in [0.05, 0.1) is 6.54 Å². The fourth-order valence-corrected chi connectivity index (χ4v) is 2.62. The molecule has 0 bridgehead atoms. The number of hydrogen-bond donors (Lipinski definition) is 0. The molecule has 0 radical (unpaired) electrons. The van der Waals surface area contributed by atoms with E-state index in [0.717, 1.165) is 23.6 Å². The molecule has 1 fully saturated rings. The van der Waals surface area contributed by atoms with Gasteiger partial charge in [0.1, 0.15) is 12.1 Å². The Labute approximate surface area is 134 Å². The molecule has 1 aliphatic rings. The topological polar surface area (TPSA) is 49.3 Å². The van der Waals surface area contributed by atoms with Crippen molar-refractivity contribution in [1.29, 1.82) is 0 Å². The Kier molecular flexibility index (Phi) is 4.24. The predicted octanol–water partition coefficient (Wildman–Crippen LogP) is 2.29. The summed E-state index contributed by atoms with van der Waals surface area (Å²) in [5.74, 6) is 0.921. The van der Waals surface area contributed by atoms with Gasteiger partial charge < -0.3 is 9.80 Å². The first-order chi connectivity index (χ1) is 10.6. The molecule has 2 aromatic rings. The minimum atomic E-state index is 0.109. The Hall–Kier alpha value is -2.14. The molecule has 0 unspecified atom stereocenters. The molecule has 1 amide bonds. The number of nitrogens with zero attached hydrogens (tertiary/aromatic N) is 4. The van der Waals surface area contributed by atoms with E-state index in [1.807, 2.05) is 47.1 Å². The molecule has 0 atom stereocenters. The number of amides is 1. The van der Waals surface area contributed by atoms with Gasteiger partial charge in [-0.15, -0.1) is 0 Å². The zero-order chi connectivity index (χ0) is 15.5. The fourth-order valence-electron chi connectivity index (χ4n) is 2.49. The van der Waals surface area contributed by atoms with Gasteiger partial charge in [-0.05, 0) is 24.6 Å². The van der Waals surface area contributed by atoms with Crippen molar-refractivity contribution in [1.82, 2.24) is 14.9 Å². The molecule has 22 heavy (non-hydrogen) atoms. The first kappa shape index (κ1) is 14.8. The summed E-state index contributed by atoms with van der Waals surface area (Å²) in [6.07, 6.45) is 1.54. The molecule has 1 aromatic heterocycles. The minimum Gasteiger partial charge on any atom is -0.345 e.